The number of esters is 1. The number of imidazole rings is 1. The van der Waals surface area contributed by atoms with E-state index in [1.54, 1.807) is 30.8 Å². The molecule has 4 rings (SSSR count). The fraction of sp³-hybridized carbons (Fsp3) is 0.136. The lowest BCUT2D eigenvalue weighted by Gasteiger charge is -2.09. The Morgan fingerprint density at radius 3 is 2.50 bits per heavy atom. The molecule has 0 N–H and O–H groups in total. The molecule has 5 nitrogen and oxygen atoms in total. The topological polar surface area (TPSA) is 56.5 Å². The van der Waals surface area contributed by atoms with Crippen LogP contribution >= 0.6 is 11.8 Å². The summed E-state index contributed by atoms with van der Waals surface area (Å²) in [6, 6.07) is 17.5. The molecule has 0 aliphatic carbocycles. The van der Waals surface area contributed by atoms with Crippen molar-refractivity contribution >= 4 is 23.4 Å². The molecule has 0 fully saturated rings. The molecule has 2 heterocycles. The van der Waals surface area contributed by atoms with Gasteiger partial charge in [-0.1, -0.05) is 42.5 Å². The molecule has 2 aromatic carbocycles. The van der Waals surface area contributed by atoms with Gasteiger partial charge in [0.15, 0.2) is 5.65 Å². The standard InChI is InChI=1S/C22H19N3O2S/c1-3-27-22(26)17-11-9-15(10-12-17)18-14-25-19(16-7-5-4-6-8-16)13-23-20(25)21(24-18)28-2/h4-14H,3H2,1-2H3. The molecule has 0 spiro atoms. The molecular formula is C22H19N3O2S. The molecule has 0 radical (unpaired) electrons. The summed E-state index contributed by atoms with van der Waals surface area (Å²) < 4.78 is 7.12. The Kier molecular flexibility index (Phi) is 5.12. The van der Waals surface area contributed by atoms with Crippen molar-refractivity contribution in [2.24, 2.45) is 0 Å². The summed E-state index contributed by atoms with van der Waals surface area (Å²) in [7, 11) is 0. The number of hydrogen-bond donors (Lipinski definition) is 0. The molecule has 140 valence electrons. The van der Waals surface area contributed by atoms with Crippen LogP contribution < -0.4 is 0 Å². The minimum atomic E-state index is -0.316. The number of aromatic nitrogens is 3. The van der Waals surface area contributed by atoms with Gasteiger partial charge in [-0.15, -0.1) is 11.8 Å². The molecular weight excluding hydrogens is 370 g/mol. The van der Waals surface area contributed by atoms with Crippen molar-refractivity contribution in [2.45, 2.75) is 11.9 Å². The maximum Gasteiger partial charge on any atom is 0.338 e. The van der Waals surface area contributed by atoms with Crippen LogP contribution in [0.1, 0.15) is 17.3 Å². The largest absolute Gasteiger partial charge is 0.462 e. The van der Waals surface area contributed by atoms with Crippen LogP contribution in [-0.4, -0.2) is 33.2 Å². The van der Waals surface area contributed by atoms with Gasteiger partial charge in [-0.05, 0) is 25.3 Å². The van der Waals surface area contributed by atoms with Gasteiger partial charge in [0.2, 0.25) is 0 Å². The Bertz CT molecular complexity index is 1120. The number of thioether (sulfide) groups is 1. The summed E-state index contributed by atoms with van der Waals surface area (Å²) in [5.41, 5.74) is 5.22. The normalized spacial score (nSPS) is 10.9. The molecule has 2 aromatic heterocycles. The number of ether oxygens (including phenoxy) is 1. The van der Waals surface area contributed by atoms with Gasteiger partial charge in [0, 0.05) is 17.3 Å². The number of hydrogen-bond acceptors (Lipinski definition) is 5. The molecule has 0 aliphatic heterocycles. The van der Waals surface area contributed by atoms with Gasteiger partial charge in [-0.3, -0.25) is 4.40 Å². The van der Waals surface area contributed by atoms with Crippen molar-refractivity contribution in [3.05, 3.63) is 72.6 Å². The molecule has 0 aliphatic rings. The summed E-state index contributed by atoms with van der Waals surface area (Å²) >= 11 is 1.56. The van der Waals surface area contributed by atoms with E-state index >= 15 is 0 Å². The van der Waals surface area contributed by atoms with Gasteiger partial charge >= 0.3 is 5.97 Å². The molecule has 28 heavy (non-hydrogen) atoms. The fourth-order valence-electron chi connectivity index (χ4n) is 3.05. The van der Waals surface area contributed by atoms with Gasteiger partial charge < -0.3 is 4.74 Å². The van der Waals surface area contributed by atoms with Crippen molar-refractivity contribution in [1.82, 2.24) is 14.4 Å². The summed E-state index contributed by atoms with van der Waals surface area (Å²) in [6.07, 6.45) is 5.86. The van der Waals surface area contributed by atoms with Crippen molar-refractivity contribution in [3.8, 4) is 22.5 Å². The molecule has 0 amide bonds. The van der Waals surface area contributed by atoms with Gasteiger partial charge in [0.05, 0.1) is 29.8 Å². The van der Waals surface area contributed by atoms with E-state index in [1.165, 1.54) is 0 Å². The second-order valence-electron chi connectivity index (χ2n) is 6.14. The zero-order valence-corrected chi connectivity index (χ0v) is 16.4. The first-order chi connectivity index (χ1) is 13.7. The van der Waals surface area contributed by atoms with E-state index in [-0.39, 0.29) is 5.97 Å². The zero-order valence-electron chi connectivity index (χ0n) is 15.6. The van der Waals surface area contributed by atoms with E-state index in [0.717, 1.165) is 33.2 Å². The lowest BCUT2D eigenvalue weighted by atomic mass is 10.1. The summed E-state index contributed by atoms with van der Waals surface area (Å²) in [4.78, 5) is 21.2. The molecule has 6 heteroatoms. The first-order valence-corrected chi connectivity index (χ1v) is 10.2. The van der Waals surface area contributed by atoms with E-state index in [4.69, 9.17) is 9.72 Å². The molecule has 0 bridgehead atoms. The lowest BCUT2D eigenvalue weighted by Crippen LogP contribution is -2.04. The first-order valence-electron chi connectivity index (χ1n) is 8.96. The number of nitrogens with zero attached hydrogens (tertiary/aromatic N) is 3. The predicted octanol–water partition coefficient (Wildman–Crippen LogP) is 4.96. The number of carbonyl (C=O) groups excluding carboxylic acids is 1. The van der Waals surface area contributed by atoms with Crippen LogP contribution in [0.2, 0.25) is 0 Å². The highest BCUT2D eigenvalue weighted by molar-refractivity contribution is 7.98. The van der Waals surface area contributed by atoms with Crippen molar-refractivity contribution < 1.29 is 9.53 Å². The smallest absolute Gasteiger partial charge is 0.338 e. The Hall–Kier alpha value is -3.12. The second-order valence-corrected chi connectivity index (χ2v) is 6.93. The fourth-order valence-corrected chi connectivity index (χ4v) is 3.57. The minimum Gasteiger partial charge on any atom is -0.462 e. The van der Waals surface area contributed by atoms with Crippen LogP contribution in [0.3, 0.4) is 0 Å². The summed E-state index contributed by atoms with van der Waals surface area (Å²) in [5.74, 6) is -0.316. The molecule has 0 saturated carbocycles. The van der Waals surface area contributed by atoms with Crippen molar-refractivity contribution in [3.63, 3.8) is 0 Å². The summed E-state index contributed by atoms with van der Waals surface area (Å²) in [6.45, 7) is 2.16. The third-order valence-corrected chi connectivity index (χ3v) is 5.08. The third kappa shape index (κ3) is 3.39. The van der Waals surface area contributed by atoms with Crippen LogP contribution in [0.5, 0.6) is 0 Å². The SMILES string of the molecule is CCOC(=O)c1ccc(-c2cn3c(-c4ccccc4)cnc3c(SC)n2)cc1. The van der Waals surface area contributed by atoms with Gasteiger partial charge in [0.1, 0.15) is 5.03 Å². The maximum absolute atomic E-state index is 11.9. The highest BCUT2D eigenvalue weighted by Gasteiger charge is 2.14. The predicted molar refractivity (Wildman–Crippen MR) is 112 cm³/mol. The van der Waals surface area contributed by atoms with Gasteiger partial charge in [-0.25, -0.2) is 14.8 Å². The number of carbonyl (C=O) groups is 1. The highest BCUT2D eigenvalue weighted by atomic mass is 32.2. The number of fused-ring (bicyclic) bond motifs is 1. The van der Waals surface area contributed by atoms with E-state index < -0.39 is 0 Å². The first kappa shape index (κ1) is 18.3. The van der Waals surface area contributed by atoms with Gasteiger partial charge in [-0.2, -0.15) is 0 Å². The molecule has 4 aromatic rings. The van der Waals surface area contributed by atoms with E-state index in [1.807, 2.05) is 49.0 Å². The van der Waals surface area contributed by atoms with E-state index in [9.17, 15) is 4.79 Å². The Morgan fingerprint density at radius 1 is 1.07 bits per heavy atom. The average Bonchev–Trinajstić information content (AvgIpc) is 3.18. The second kappa shape index (κ2) is 7.86. The van der Waals surface area contributed by atoms with Crippen molar-refractivity contribution in [1.29, 1.82) is 0 Å². The number of rotatable bonds is 5. The minimum absolute atomic E-state index is 0.316. The quantitative estimate of drug-likeness (QED) is 0.357. The van der Waals surface area contributed by atoms with Crippen LogP contribution in [-0.2, 0) is 4.74 Å². The average molecular weight is 389 g/mol. The van der Waals surface area contributed by atoms with Crippen LogP contribution in [0, 0.1) is 0 Å². The zero-order chi connectivity index (χ0) is 19.5. The third-order valence-electron chi connectivity index (χ3n) is 4.42. The van der Waals surface area contributed by atoms with Crippen molar-refractivity contribution in [2.75, 3.05) is 12.9 Å². The molecule has 0 atom stereocenters. The Morgan fingerprint density at radius 2 is 1.82 bits per heavy atom. The summed E-state index contributed by atoms with van der Waals surface area (Å²) in [5, 5.41) is 0.856. The maximum atomic E-state index is 11.9. The lowest BCUT2D eigenvalue weighted by molar-refractivity contribution is 0.0526. The van der Waals surface area contributed by atoms with Crippen LogP contribution in [0.25, 0.3) is 28.2 Å². The van der Waals surface area contributed by atoms with Gasteiger partial charge in [0.25, 0.3) is 0 Å². The number of benzene rings is 2. The van der Waals surface area contributed by atoms with Crippen LogP contribution in [0.15, 0.2) is 72.0 Å². The molecule has 0 unspecified atom stereocenters. The highest BCUT2D eigenvalue weighted by Crippen LogP contribution is 2.29. The Balaban J connectivity index is 1.80. The Labute approximate surface area is 167 Å². The van der Waals surface area contributed by atoms with E-state index in [2.05, 4.69) is 21.5 Å². The monoisotopic (exact) mass is 389 g/mol. The van der Waals surface area contributed by atoms with Crippen LogP contribution in [0.4, 0.5) is 0 Å². The van der Waals surface area contributed by atoms with E-state index in [0.29, 0.717) is 12.2 Å². The molecule has 0 saturated heterocycles.